The molecule has 2 heterocycles. The third-order valence-corrected chi connectivity index (χ3v) is 5.15. The van der Waals surface area contributed by atoms with Gasteiger partial charge in [0.15, 0.2) is 0 Å². The number of hydrogen-bond donors (Lipinski definition) is 0. The van der Waals surface area contributed by atoms with Crippen LogP contribution >= 0.6 is 0 Å². The number of aromatic nitrogens is 1. The summed E-state index contributed by atoms with van der Waals surface area (Å²) in [5.41, 5.74) is 2.08. The van der Waals surface area contributed by atoms with Crippen LogP contribution in [0.3, 0.4) is 0 Å². The molecule has 5 nitrogen and oxygen atoms in total. The number of aryl methyl sites for hydroxylation is 1. The lowest BCUT2D eigenvalue weighted by atomic mass is 10.1. The van der Waals surface area contributed by atoms with Crippen LogP contribution in [0.15, 0.2) is 42.6 Å². The Bertz CT molecular complexity index is 787. The molecule has 1 atom stereocenters. The molecule has 0 saturated carbocycles. The van der Waals surface area contributed by atoms with E-state index in [1.807, 2.05) is 48.5 Å². The van der Waals surface area contributed by atoms with Gasteiger partial charge in [-0.05, 0) is 48.7 Å². The summed E-state index contributed by atoms with van der Waals surface area (Å²) >= 11 is 0. The van der Waals surface area contributed by atoms with Crippen LogP contribution in [0.1, 0.15) is 43.0 Å². The van der Waals surface area contributed by atoms with Gasteiger partial charge in [0.05, 0.1) is 20.3 Å². The predicted molar refractivity (Wildman–Crippen MR) is 107 cm³/mol. The van der Waals surface area contributed by atoms with Crippen molar-refractivity contribution in [2.24, 2.45) is 7.05 Å². The van der Waals surface area contributed by atoms with Gasteiger partial charge in [-0.15, -0.1) is 0 Å². The highest BCUT2D eigenvalue weighted by Crippen LogP contribution is 2.30. The summed E-state index contributed by atoms with van der Waals surface area (Å²) in [4.78, 5) is 15.0. The highest BCUT2D eigenvalue weighted by molar-refractivity contribution is 5.92. The molecule has 0 N–H and O–H groups in total. The normalized spacial score (nSPS) is 17.7. The number of carbonyl (C=O) groups excluding carboxylic acids is 1. The second-order valence-corrected chi connectivity index (χ2v) is 6.92. The molecule has 1 unspecified atom stereocenters. The van der Waals surface area contributed by atoms with Gasteiger partial charge in [-0.25, -0.2) is 0 Å². The Hall–Kier alpha value is -2.69. The largest absolute Gasteiger partial charge is 0.497 e. The summed E-state index contributed by atoms with van der Waals surface area (Å²) in [6.07, 6.45) is 9.91. The number of rotatable bonds is 5. The summed E-state index contributed by atoms with van der Waals surface area (Å²) in [5, 5.41) is 0. The fourth-order valence-corrected chi connectivity index (χ4v) is 3.69. The van der Waals surface area contributed by atoms with Gasteiger partial charge in [-0.3, -0.25) is 4.79 Å². The van der Waals surface area contributed by atoms with E-state index in [4.69, 9.17) is 9.47 Å². The molecule has 1 aromatic carbocycles. The molecule has 1 fully saturated rings. The van der Waals surface area contributed by atoms with Crippen LogP contribution in [0, 0.1) is 0 Å². The maximum atomic E-state index is 13.0. The minimum absolute atomic E-state index is 0.0462. The number of carbonyl (C=O) groups is 1. The average Bonchev–Trinajstić information content (AvgIpc) is 2.97. The topological polar surface area (TPSA) is 43.7 Å². The third kappa shape index (κ3) is 4.54. The van der Waals surface area contributed by atoms with E-state index in [2.05, 4.69) is 10.6 Å². The van der Waals surface area contributed by atoms with Crippen LogP contribution in [0.4, 0.5) is 0 Å². The lowest BCUT2D eigenvalue weighted by Gasteiger charge is -2.29. The first-order chi connectivity index (χ1) is 13.1. The van der Waals surface area contributed by atoms with Gasteiger partial charge in [0.1, 0.15) is 11.5 Å². The van der Waals surface area contributed by atoms with Crippen molar-refractivity contribution in [3.05, 3.63) is 53.9 Å². The lowest BCUT2D eigenvalue weighted by molar-refractivity contribution is -0.128. The van der Waals surface area contributed by atoms with E-state index < -0.39 is 0 Å². The van der Waals surface area contributed by atoms with E-state index in [-0.39, 0.29) is 11.9 Å². The smallest absolute Gasteiger partial charge is 0.247 e. The van der Waals surface area contributed by atoms with Crippen molar-refractivity contribution in [1.29, 1.82) is 0 Å². The molecule has 1 saturated heterocycles. The zero-order valence-corrected chi connectivity index (χ0v) is 16.4. The first kappa shape index (κ1) is 19.1. The maximum absolute atomic E-state index is 13.0. The fraction of sp³-hybridized carbons (Fsp3) is 0.409. The molecule has 1 aromatic heterocycles. The van der Waals surface area contributed by atoms with Crippen LogP contribution in [-0.2, 0) is 11.8 Å². The second-order valence-electron chi connectivity index (χ2n) is 6.92. The van der Waals surface area contributed by atoms with Crippen molar-refractivity contribution in [3.63, 3.8) is 0 Å². The molecule has 27 heavy (non-hydrogen) atoms. The number of methoxy groups -OCH3 is 2. The molecule has 1 aliphatic heterocycles. The minimum atomic E-state index is 0.0462. The molecule has 1 aliphatic rings. The Morgan fingerprint density at radius 1 is 1.11 bits per heavy atom. The van der Waals surface area contributed by atoms with Crippen LogP contribution in [0.5, 0.6) is 11.5 Å². The molecule has 0 bridgehead atoms. The van der Waals surface area contributed by atoms with Crippen LogP contribution < -0.4 is 9.47 Å². The standard InChI is InChI=1S/C22H28N2O3/c1-23-12-7-9-20(23)21-8-5-4-6-13-24(21)22(25)11-10-17-14-18(26-2)16-19(15-17)27-3/h7,9-12,14-16,21H,4-6,8,13H2,1-3H3. The first-order valence-corrected chi connectivity index (χ1v) is 9.45. The van der Waals surface area contributed by atoms with Crippen molar-refractivity contribution in [1.82, 2.24) is 9.47 Å². The molecular weight excluding hydrogens is 340 g/mol. The van der Waals surface area contributed by atoms with Crippen molar-refractivity contribution >= 4 is 12.0 Å². The van der Waals surface area contributed by atoms with Crippen molar-refractivity contribution < 1.29 is 14.3 Å². The summed E-state index contributed by atoms with van der Waals surface area (Å²) in [6.45, 7) is 0.792. The van der Waals surface area contributed by atoms with Crippen LogP contribution in [-0.4, -0.2) is 36.1 Å². The maximum Gasteiger partial charge on any atom is 0.247 e. The van der Waals surface area contributed by atoms with Gasteiger partial charge in [0, 0.05) is 37.6 Å². The number of nitrogens with zero attached hydrogens (tertiary/aromatic N) is 2. The summed E-state index contributed by atoms with van der Waals surface area (Å²) < 4.78 is 12.7. The Morgan fingerprint density at radius 3 is 2.48 bits per heavy atom. The van der Waals surface area contributed by atoms with Gasteiger partial charge in [0.2, 0.25) is 5.91 Å². The Balaban J connectivity index is 1.82. The molecule has 3 rings (SSSR count). The highest BCUT2D eigenvalue weighted by Gasteiger charge is 2.26. The average molecular weight is 368 g/mol. The van der Waals surface area contributed by atoms with Crippen molar-refractivity contribution in [2.45, 2.75) is 31.7 Å². The number of likely N-dealkylation sites (tertiary alicyclic amines) is 1. The van der Waals surface area contributed by atoms with Gasteiger partial charge < -0.3 is 18.9 Å². The van der Waals surface area contributed by atoms with Gasteiger partial charge in [-0.2, -0.15) is 0 Å². The van der Waals surface area contributed by atoms with Crippen LogP contribution in [0.2, 0.25) is 0 Å². The van der Waals surface area contributed by atoms with Gasteiger partial charge >= 0.3 is 0 Å². The Morgan fingerprint density at radius 2 is 1.85 bits per heavy atom. The van der Waals surface area contributed by atoms with E-state index in [9.17, 15) is 4.79 Å². The van der Waals surface area contributed by atoms with E-state index in [0.29, 0.717) is 11.5 Å². The number of amides is 1. The second kappa shape index (κ2) is 8.80. The molecule has 0 aliphatic carbocycles. The van der Waals surface area contributed by atoms with E-state index in [1.165, 1.54) is 12.1 Å². The predicted octanol–water partition coefficient (Wildman–Crippen LogP) is 4.20. The minimum Gasteiger partial charge on any atom is -0.497 e. The number of ether oxygens (including phenoxy) is 2. The monoisotopic (exact) mass is 368 g/mol. The number of hydrogen-bond acceptors (Lipinski definition) is 3. The Labute approximate surface area is 161 Å². The highest BCUT2D eigenvalue weighted by atomic mass is 16.5. The van der Waals surface area contributed by atoms with Gasteiger partial charge in [0.25, 0.3) is 0 Å². The molecule has 144 valence electrons. The molecule has 1 amide bonds. The lowest BCUT2D eigenvalue weighted by Crippen LogP contribution is -2.34. The molecule has 0 spiro atoms. The fourth-order valence-electron chi connectivity index (χ4n) is 3.69. The number of benzene rings is 1. The molecule has 0 radical (unpaired) electrons. The summed E-state index contributed by atoms with van der Waals surface area (Å²) in [5.74, 6) is 1.46. The quantitative estimate of drug-likeness (QED) is 0.743. The molecule has 5 heteroatoms. The van der Waals surface area contributed by atoms with Gasteiger partial charge in [-0.1, -0.05) is 12.8 Å². The van der Waals surface area contributed by atoms with E-state index in [0.717, 1.165) is 31.4 Å². The van der Waals surface area contributed by atoms with E-state index in [1.54, 1.807) is 20.3 Å². The summed E-state index contributed by atoms with van der Waals surface area (Å²) in [7, 11) is 5.28. The molecule has 2 aromatic rings. The van der Waals surface area contributed by atoms with Crippen LogP contribution in [0.25, 0.3) is 6.08 Å². The summed E-state index contributed by atoms with van der Waals surface area (Å²) in [6, 6.07) is 9.89. The van der Waals surface area contributed by atoms with Crippen molar-refractivity contribution in [2.75, 3.05) is 20.8 Å². The zero-order chi connectivity index (χ0) is 19.2. The first-order valence-electron chi connectivity index (χ1n) is 9.45. The van der Waals surface area contributed by atoms with Crippen molar-refractivity contribution in [3.8, 4) is 11.5 Å². The van der Waals surface area contributed by atoms with E-state index >= 15 is 0 Å². The third-order valence-electron chi connectivity index (χ3n) is 5.15. The Kier molecular flexibility index (Phi) is 6.22. The molecular formula is C22H28N2O3. The zero-order valence-electron chi connectivity index (χ0n) is 16.4. The SMILES string of the molecule is COc1cc(C=CC(=O)N2CCCCCC2c2cccn2C)cc(OC)c1.